The van der Waals surface area contributed by atoms with Gasteiger partial charge in [0, 0.05) is 30.9 Å². The quantitative estimate of drug-likeness (QED) is 0.631. The number of nitro benzene ring substituents is 1. The third-order valence-corrected chi connectivity index (χ3v) is 3.14. The topological polar surface area (TPSA) is 46.4 Å². The SMILES string of the molecule is Cc1ccc(N(C)Cc2cccc([N+](=O)[O-])c2F)cc1. The standard InChI is InChI=1S/C15H15FN2O2/c1-11-6-8-13(9-7-11)17(2)10-12-4-3-5-14(15(12)16)18(19)20/h3-9H,10H2,1-2H3. The van der Waals surface area contributed by atoms with Gasteiger partial charge in [0.05, 0.1) is 4.92 Å². The smallest absolute Gasteiger partial charge is 0.305 e. The van der Waals surface area contributed by atoms with E-state index < -0.39 is 16.4 Å². The van der Waals surface area contributed by atoms with Gasteiger partial charge >= 0.3 is 5.69 Å². The van der Waals surface area contributed by atoms with Crippen molar-refractivity contribution >= 4 is 11.4 Å². The van der Waals surface area contributed by atoms with Crippen LogP contribution in [-0.2, 0) is 6.54 Å². The van der Waals surface area contributed by atoms with Crippen molar-refractivity contribution in [3.05, 3.63) is 69.5 Å². The number of benzene rings is 2. The maximum Gasteiger partial charge on any atom is 0.305 e. The highest BCUT2D eigenvalue weighted by molar-refractivity contribution is 5.48. The van der Waals surface area contributed by atoms with Crippen molar-refractivity contribution in [3.8, 4) is 0 Å². The van der Waals surface area contributed by atoms with Crippen LogP contribution >= 0.6 is 0 Å². The highest BCUT2D eigenvalue weighted by Gasteiger charge is 2.18. The summed E-state index contributed by atoms with van der Waals surface area (Å²) in [5, 5.41) is 10.7. The van der Waals surface area contributed by atoms with Crippen LogP contribution in [0.4, 0.5) is 15.8 Å². The number of hydrogen-bond donors (Lipinski definition) is 0. The van der Waals surface area contributed by atoms with E-state index in [1.165, 1.54) is 12.1 Å². The minimum absolute atomic E-state index is 0.274. The molecule has 4 nitrogen and oxygen atoms in total. The van der Waals surface area contributed by atoms with Crippen LogP contribution in [0.25, 0.3) is 0 Å². The highest BCUT2D eigenvalue weighted by atomic mass is 19.1. The van der Waals surface area contributed by atoms with E-state index in [1.54, 1.807) is 6.07 Å². The summed E-state index contributed by atoms with van der Waals surface area (Å²) in [7, 11) is 1.82. The molecule has 104 valence electrons. The fraction of sp³-hybridized carbons (Fsp3) is 0.200. The Morgan fingerprint density at radius 2 is 1.85 bits per heavy atom. The van der Waals surface area contributed by atoms with E-state index in [0.29, 0.717) is 5.56 Å². The fourth-order valence-electron chi connectivity index (χ4n) is 1.98. The van der Waals surface area contributed by atoms with E-state index in [-0.39, 0.29) is 6.54 Å². The first-order valence-corrected chi connectivity index (χ1v) is 6.18. The lowest BCUT2D eigenvalue weighted by molar-refractivity contribution is -0.387. The Morgan fingerprint density at radius 3 is 2.45 bits per heavy atom. The third-order valence-electron chi connectivity index (χ3n) is 3.14. The Balaban J connectivity index is 2.23. The second kappa shape index (κ2) is 5.69. The van der Waals surface area contributed by atoms with E-state index in [1.807, 2.05) is 43.1 Å². The van der Waals surface area contributed by atoms with Crippen LogP contribution in [-0.4, -0.2) is 12.0 Å². The van der Waals surface area contributed by atoms with Crippen LogP contribution in [0.15, 0.2) is 42.5 Å². The van der Waals surface area contributed by atoms with Gasteiger partial charge in [-0.2, -0.15) is 4.39 Å². The van der Waals surface area contributed by atoms with Crippen LogP contribution in [0.5, 0.6) is 0 Å². The molecule has 0 fully saturated rings. The molecule has 5 heteroatoms. The number of hydrogen-bond acceptors (Lipinski definition) is 3. The molecule has 0 saturated carbocycles. The highest BCUT2D eigenvalue weighted by Crippen LogP contribution is 2.23. The Labute approximate surface area is 116 Å². The van der Waals surface area contributed by atoms with Crippen LogP contribution in [0.2, 0.25) is 0 Å². The molecule has 0 aliphatic heterocycles. The molecule has 0 radical (unpaired) electrons. The Hall–Kier alpha value is -2.43. The lowest BCUT2D eigenvalue weighted by Crippen LogP contribution is -2.17. The molecule has 0 atom stereocenters. The van der Waals surface area contributed by atoms with E-state index >= 15 is 0 Å². The van der Waals surface area contributed by atoms with Crippen molar-refractivity contribution in [3.63, 3.8) is 0 Å². The minimum atomic E-state index is -0.767. The first kappa shape index (κ1) is 14.0. The molecule has 2 rings (SSSR count). The van der Waals surface area contributed by atoms with Gasteiger partial charge in [0.15, 0.2) is 0 Å². The molecule has 0 bridgehead atoms. The van der Waals surface area contributed by atoms with Crippen molar-refractivity contribution < 1.29 is 9.31 Å². The van der Waals surface area contributed by atoms with E-state index in [9.17, 15) is 14.5 Å². The molecule has 20 heavy (non-hydrogen) atoms. The molecule has 0 aliphatic carbocycles. The molecule has 0 saturated heterocycles. The maximum absolute atomic E-state index is 14.0. The molecule has 0 unspecified atom stereocenters. The summed E-state index contributed by atoms with van der Waals surface area (Å²) in [5.41, 5.74) is 1.90. The predicted molar refractivity (Wildman–Crippen MR) is 76.3 cm³/mol. The molecule has 0 amide bonds. The zero-order valence-corrected chi connectivity index (χ0v) is 11.3. The molecule has 2 aromatic carbocycles. The molecule has 0 N–H and O–H groups in total. The summed E-state index contributed by atoms with van der Waals surface area (Å²) in [6.07, 6.45) is 0. The van der Waals surface area contributed by atoms with Gasteiger partial charge in [0.1, 0.15) is 0 Å². The maximum atomic E-state index is 14.0. The van der Waals surface area contributed by atoms with E-state index in [0.717, 1.165) is 11.3 Å². The normalized spacial score (nSPS) is 10.3. The summed E-state index contributed by atoms with van der Waals surface area (Å²) in [4.78, 5) is 11.9. The van der Waals surface area contributed by atoms with Crippen LogP contribution in [0.1, 0.15) is 11.1 Å². The van der Waals surface area contributed by atoms with Crippen molar-refractivity contribution in [2.24, 2.45) is 0 Å². The fourth-order valence-corrected chi connectivity index (χ4v) is 1.98. The second-order valence-corrected chi connectivity index (χ2v) is 4.70. The van der Waals surface area contributed by atoms with Crippen LogP contribution in [0.3, 0.4) is 0 Å². The number of rotatable bonds is 4. The molecule has 2 aromatic rings. The lowest BCUT2D eigenvalue weighted by Gasteiger charge is -2.19. The van der Waals surface area contributed by atoms with Gasteiger partial charge in [-0.15, -0.1) is 0 Å². The molecule has 0 spiro atoms. The van der Waals surface area contributed by atoms with E-state index in [2.05, 4.69) is 0 Å². The van der Waals surface area contributed by atoms with Gasteiger partial charge in [0.25, 0.3) is 0 Å². The average molecular weight is 274 g/mol. The van der Waals surface area contributed by atoms with Gasteiger partial charge in [-0.1, -0.05) is 29.8 Å². The largest absolute Gasteiger partial charge is 0.370 e. The summed E-state index contributed by atoms with van der Waals surface area (Å²) < 4.78 is 14.0. The van der Waals surface area contributed by atoms with Gasteiger partial charge in [-0.25, -0.2) is 0 Å². The number of aryl methyl sites for hydroxylation is 1. The molecule has 0 heterocycles. The summed E-state index contributed by atoms with van der Waals surface area (Å²) >= 11 is 0. The first-order valence-electron chi connectivity index (χ1n) is 6.18. The summed E-state index contributed by atoms with van der Waals surface area (Å²) in [5.74, 6) is -0.767. The van der Waals surface area contributed by atoms with Crippen molar-refractivity contribution in [1.82, 2.24) is 0 Å². The first-order chi connectivity index (χ1) is 9.49. The van der Waals surface area contributed by atoms with Gasteiger partial charge in [0.2, 0.25) is 5.82 Å². The Morgan fingerprint density at radius 1 is 1.20 bits per heavy atom. The Bertz CT molecular complexity index is 626. The average Bonchev–Trinajstić information content (AvgIpc) is 2.41. The predicted octanol–water partition coefficient (Wildman–Crippen LogP) is 3.68. The zero-order valence-electron chi connectivity index (χ0n) is 11.3. The molecule has 0 aromatic heterocycles. The summed E-state index contributed by atoms with van der Waals surface area (Å²) in [6, 6.07) is 12.0. The Kier molecular flexibility index (Phi) is 3.98. The van der Waals surface area contributed by atoms with Crippen LogP contribution < -0.4 is 4.90 Å². The number of anilines is 1. The third kappa shape index (κ3) is 2.93. The second-order valence-electron chi connectivity index (χ2n) is 4.70. The lowest BCUT2D eigenvalue weighted by atomic mass is 10.1. The van der Waals surface area contributed by atoms with Crippen molar-refractivity contribution in [2.45, 2.75) is 13.5 Å². The van der Waals surface area contributed by atoms with Crippen LogP contribution in [0, 0.1) is 22.9 Å². The van der Waals surface area contributed by atoms with Crippen molar-refractivity contribution in [2.75, 3.05) is 11.9 Å². The van der Waals surface area contributed by atoms with Crippen molar-refractivity contribution in [1.29, 1.82) is 0 Å². The zero-order chi connectivity index (χ0) is 14.7. The molecular formula is C15H15FN2O2. The van der Waals surface area contributed by atoms with Gasteiger partial charge in [-0.05, 0) is 19.1 Å². The number of halogens is 1. The monoisotopic (exact) mass is 274 g/mol. The molecular weight excluding hydrogens is 259 g/mol. The van der Waals surface area contributed by atoms with E-state index in [4.69, 9.17) is 0 Å². The number of nitrogens with zero attached hydrogens (tertiary/aromatic N) is 2. The number of nitro groups is 1. The minimum Gasteiger partial charge on any atom is -0.370 e. The summed E-state index contributed by atoms with van der Waals surface area (Å²) in [6.45, 7) is 2.26. The van der Waals surface area contributed by atoms with Gasteiger partial charge < -0.3 is 4.90 Å². The van der Waals surface area contributed by atoms with Gasteiger partial charge in [-0.3, -0.25) is 10.1 Å². The molecule has 0 aliphatic rings.